The van der Waals surface area contributed by atoms with E-state index in [-0.39, 0.29) is 17.4 Å². The van der Waals surface area contributed by atoms with Gasteiger partial charge in [-0.2, -0.15) is 0 Å². The second-order valence-electron chi connectivity index (χ2n) is 6.50. The van der Waals surface area contributed by atoms with Gasteiger partial charge in [-0.25, -0.2) is 4.79 Å². The normalized spacial score (nSPS) is 15.9. The molecule has 5 nitrogen and oxygen atoms in total. The first-order chi connectivity index (χ1) is 11.0. The lowest BCUT2D eigenvalue weighted by Crippen LogP contribution is -2.44. The Morgan fingerprint density at radius 2 is 1.74 bits per heavy atom. The molecule has 5 heteroatoms. The van der Waals surface area contributed by atoms with Gasteiger partial charge in [0.1, 0.15) is 0 Å². The van der Waals surface area contributed by atoms with Crippen LogP contribution in [0, 0.1) is 0 Å². The number of hydrogen-bond acceptors (Lipinski definition) is 2. The van der Waals surface area contributed by atoms with Crippen molar-refractivity contribution in [3.05, 3.63) is 35.9 Å². The lowest BCUT2D eigenvalue weighted by atomic mass is 9.79. The molecule has 0 saturated heterocycles. The molecule has 1 aliphatic rings. The maximum Gasteiger partial charge on any atom is 0.314 e. The lowest BCUT2D eigenvalue weighted by molar-refractivity contribution is -0.128. The summed E-state index contributed by atoms with van der Waals surface area (Å²) in [6, 6.07) is 10.2. The van der Waals surface area contributed by atoms with E-state index >= 15 is 0 Å². The monoisotopic (exact) mass is 317 g/mol. The van der Waals surface area contributed by atoms with E-state index in [1.54, 1.807) is 14.1 Å². The first-order valence-electron chi connectivity index (χ1n) is 8.31. The van der Waals surface area contributed by atoms with Gasteiger partial charge < -0.3 is 15.5 Å². The van der Waals surface area contributed by atoms with Crippen LogP contribution in [0.15, 0.2) is 30.3 Å². The van der Waals surface area contributed by atoms with Crippen LogP contribution in [0.3, 0.4) is 0 Å². The second-order valence-corrected chi connectivity index (χ2v) is 6.50. The third kappa shape index (κ3) is 4.71. The molecule has 1 aliphatic carbocycles. The van der Waals surface area contributed by atoms with Crippen LogP contribution in [0.5, 0.6) is 0 Å². The van der Waals surface area contributed by atoms with E-state index in [1.807, 2.05) is 6.07 Å². The van der Waals surface area contributed by atoms with Crippen LogP contribution in [0.4, 0.5) is 4.79 Å². The SMILES string of the molecule is CN(C)C(=O)CCNC(=O)NCC1(c2ccccc2)CCCC1. The Bertz CT molecular complexity index is 522. The molecule has 0 atom stereocenters. The Labute approximate surface area is 138 Å². The molecule has 0 bridgehead atoms. The maximum absolute atomic E-state index is 12.0. The fourth-order valence-electron chi connectivity index (χ4n) is 3.23. The molecule has 0 heterocycles. The van der Waals surface area contributed by atoms with Crippen molar-refractivity contribution in [1.29, 1.82) is 0 Å². The van der Waals surface area contributed by atoms with Gasteiger partial charge >= 0.3 is 6.03 Å². The van der Waals surface area contributed by atoms with E-state index < -0.39 is 0 Å². The molecule has 126 valence electrons. The summed E-state index contributed by atoms with van der Waals surface area (Å²) >= 11 is 0. The average Bonchev–Trinajstić information content (AvgIpc) is 3.04. The Balaban J connectivity index is 1.83. The van der Waals surface area contributed by atoms with Crippen LogP contribution < -0.4 is 10.6 Å². The third-order valence-corrected chi connectivity index (χ3v) is 4.66. The van der Waals surface area contributed by atoms with Crippen molar-refractivity contribution in [3.63, 3.8) is 0 Å². The first kappa shape index (κ1) is 17.3. The average molecular weight is 317 g/mol. The molecule has 2 N–H and O–H groups in total. The molecule has 0 unspecified atom stereocenters. The van der Waals surface area contributed by atoms with Gasteiger partial charge in [0, 0.05) is 39.0 Å². The van der Waals surface area contributed by atoms with Crippen molar-refractivity contribution in [2.45, 2.75) is 37.5 Å². The van der Waals surface area contributed by atoms with Crippen LogP contribution in [0.2, 0.25) is 0 Å². The molecule has 1 aromatic carbocycles. The number of amides is 3. The number of carbonyl (C=O) groups is 2. The number of hydrogen-bond donors (Lipinski definition) is 2. The number of nitrogens with zero attached hydrogens (tertiary/aromatic N) is 1. The molecular weight excluding hydrogens is 290 g/mol. The van der Waals surface area contributed by atoms with Gasteiger partial charge in [-0.3, -0.25) is 4.79 Å². The quantitative estimate of drug-likeness (QED) is 0.845. The van der Waals surface area contributed by atoms with Crippen LogP contribution in [-0.2, 0) is 10.2 Å². The Morgan fingerprint density at radius 3 is 2.35 bits per heavy atom. The molecule has 0 aliphatic heterocycles. The highest BCUT2D eigenvalue weighted by molar-refractivity contribution is 5.78. The molecule has 3 amide bonds. The number of benzene rings is 1. The van der Waals surface area contributed by atoms with E-state index in [1.165, 1.54) is 23.3 Å². The van der Waals surface area contributed by atoms with Crippen molar-refractivity contribution < 1.29 is 9.59 Å². The fraction of sp³-hybridized carbons (Fsp3) is 0.556. The van der Waals surface area contributed by atoms with Gasteiger partial charge in [-0.15, -0.1) is 0 Å². The predicted molar refractivity (Wildman–Crippen MR) is 91.3 cm³/mol. The van der Waals surface area contributed by atoms with E-state index in [9.17, 15) is 9.59 Å². The minimum atomic E-state index is -0.196. The number of rotatable bonds is 6. The molecule has 1 saturated carbocycles. The van der Waals surface area contributed by atoms with E-state index in [2.05, 4.69) is 34.9 Å². The van der Waals surface area contributed by atoms with Crippen molar-refractivity contribution in [2.75, 3.05) is 27.2 Å². The highest BCUT2D eigenvalue weighted by atomic mass is 16.2. The zero-order chi connectivity index (χ0) is 16.7. The third-order valence-electron chi connectivity index (χ3n) is 4.66. The molecule has 23 heavy (non-hydrogen) atoms. The Kier molecular flexibility index (Phi) is 6.02. The fourth-order valence-corrected chi connectivity index (χ4v) is 3.23. The summed E-state index contributed by atoms with van der Waals surface area (Å²) in [6.07, 6.45) is 4.95. The topological polar surface area (TPSA) is 61.4 Å². The summed E-state index contributed by atoms with van der Waals surface area (Å²) in [5.41, 5.74) is 1.36. The standard InChI is InChI=1S/C18H27N3O2/c1-21(2)16(22)10-13-19-17(23)20-14-18(11-6-7-12-18)15-8-4-3-5-9-15/h3-5,8-9H,6-7,10-14H2,1-2H3,(H2,19,20,23). The van der Waals surface area contributed by atoms with E-state index in [0.717, 1.165) is 12.8 Å². The van der Waals surface area contributed by atoms with Gasteiger partial charge in [0.15, 0.2) is 0 Å². The number of carbonyl (C=O) groups excluding carboxylic acids is 2. The molecular formula is C18H27N3O2. The van der Waals surface area contributed by atoms with Crippen LogP contribution in [-0.4, -0.2) is 44.0 Å². The summed E-state index contributed by atoms with van der Waals surface area (Å²) in [7, 11) is 3.43. The summed E-state index contributed by atoms with van der Waals surface area (Å²) in [6.45, 7) is 1.01. The van der Waals surface area contributed by atoms with Gasteiger partial charge in [-0.1, -0.05) is 43.2 Å². The van der Waals surface area contributed by atoms with Gasteiger partial charge in [-0.05, 0) is 18.4 Å². The lowest BCUT2D eigenvalue weighted by Gasteiger charge is -2.30. The minimum Gasteiger partial charge on any atom is -0.349 e. The number of urea groups is 1. The molecule has 0 radical (unpaired) electrons. The van der Waals surface area contributed by atoms with Crippen molar-refractivity contribution >= 4 is 11.9 Å². The van der Waals surface area contributed by atoms with Crippen LogP contribution >= 0.6 is 0 Å². The summed E-state index contributed by atoms with van der Waals surface area (Å²) in [5, 5.41) is 5.76. The molecule has 1 aromatic rings. The smallest absolute Gasteiger partial charge is 0.314 e. The minimum absolute atomic E-state index is 0.0156. The molecule has 2 rings (SSSR count). The van der Waals surface area contributed by atoms with Crippen molar-refractivity contribution in [1.82, 2.24) is 15.5 Å². The largest absolute Gasteiger partial charge is 0.349 e. The summed E-state index contributed by atoms with van der Waals surface area (Å²) < 4.78 is 0. The first-order valence-corrected chi connectivity index (χ1v) is 8.31. The highest BCUT2D eigenvalue weighted by Crippen LogP contribution is 2.40. The van der Waals surface area contributed by atoms with Gasteiger partial charge in [0.25, 0.3) is 0 Å². The predicted octanol–water partition coefficient (Wildman–Crippen LogP) is 2.28. The van der Waals surface area contributed by atoms with Crippen molar-refractivity contribution in [2.24, 2.45) is 0 Å². The molecule has 0 spiro atoms. The number of nitrogens with one attached hydrogen (secondary N) is 2. The Morgan fingerprint density at radius 1 is 1.09 bits per heavy atom. The summed E-state index contributed by atoms with van der Waals surface area (Å²) in [5.74, 6) is 0.0156. The highest BCUT2D eigenvalue weighted by Gasteiger charge is 2.35. The zero-order valence-electron chi connectivity index (χ0n) is 14.1. The molecule has 0 aromatic heterocycles. The van der Waals surface area contributed by atoms with Crippen molar-refractivity contribution in [3.8, 4) is 0 Å². The van der Waals surface area contributed by atoms with Gasteiger partial charge in [0.05, 0.1) is 0 Å². The van der Waals surface area contributed by atoms with Gasteiger partial charge in [0.2, 0.25) is 5.91 Å². The maximum atomic E-state index is 12.0. The summed E-state index contributed by atoms with van der Waals surface area (Å²) in [4.78, 5) is 25.0. The van der Waals surface area contributed by atoms with Crippen LogP contribution in [0.1, 0.15) is 37.7 Å². The second kappa shape index (κ2) is 7.99. The van der Waals surface area contributed by atoms with Crippen LogP contribution in [0.25, 0.3) is 0 Å². The zero-order valence-corrected chi connectivity index (χ0v) is 14.1. The Hall–Kier alpha value is -2.04. The molecule has 1 fully saturated rings. The van der Waals surface area contributed by atoms with E-state index in [4.69, 9.17) is 0 Å². The van der Waals surface area contributed by atoms with E-state index in [0.29, 0.717) is 19.5 Å².